The van der Waals surface area contributed by atoms with E-state index in [1.807, 2.05) is 121 Å². The molecule has 0 radical (unpaired) electrons. The molecule has 1 amide bonds. The fourth-order valence-electron chi connectivity index (χ4n) is 6.02. The number of aromatic nitrogens is 2. The van der Waals surface area contributed by atoms with E-state index in [1.54, 1.807) is 0 Å². The summed E-state index contributed by atoms with van der Waals surface area (Å²) in [5.41, 5.74) is 7.17. The minimum absolute atomic E-state index is 0.143. The van der Waals surface area contributed by atoms with E-state index in [0.717, 1.165) is 76.1 Å². The van der Waals surface area contributed by atoms with Crippen LogP contribution in [0.25, 0.3) is 27.5 Å². The van der Waals surface area contributed by atoms with Crippen molar-refractivity contribution >= 4 is 44.8 Å². The molecule has 3 heterocycles. The molecule has 4 N–H and O–H groups in total. The van der Waals surface area contributed by atoms with Crippen LogP contribution in [0.5, 0.6) is 0 Å². The number of piperidine rings is 1. The van der Waals surface area contributed by atoms with Gasteiger partial charge in [-0.2, -0.15) is 0 Å². The molecule has 1 fully saturated rings. The molecule has 7 rings (SSSR count). The number of aliphatic hydroxyl groups is 2. The molecule has 6 aromatic rings. The maximum Gasteiger partial charge on any atom is 0.255 e. The van der Waals surface area contributed by atoms with Crippen LogP contribution >= 0.6 is 0 Å². The molecule has 1 aliphatic rings. The molecule has 0 bridgehead atoms. The molecule has 1 aliphatic heterocycles. The van der Waals surface area contributed by atoms with Gasteiger partial charge in [0.15, 0.2) is 6.23 Å². The summed E-state index contributed by atoms with van der Waals surface area (Å²) in [5, 5.41) is 28.9. The van der Waals surface area contributed by atoms with E-state index in [2.05, 4.69) is 20.1 Å². The monoisotopic (exact) mass is 585 g/mol. The molecule has 2 aromatic heterocycles. The SMILES string of the molecule is Cn1ccc2cc(C(=O)Nc3ccc(-n4ccc5cc(NC(O)c6ccc(N7CCC(O)CC7)cc6)ccc54)cc3)ccc21. The molecule has 8 nitrogen and oxygen atoms in total. The predicted molar refractivity (Wildman–Crippen MR) is 177 cm³/mol. The first-order chi connectivity index (χ1) is 21.4. The van der Waals surface area contributed by atoms with Gasteiger partial charge in [-0.25, -0.2) is 0 Å². The Hall–Kier alpha value is -5.05. The molecule has 1 unspecified atom stereocenters. The van der Waals surface area contributed by atoms with Gasteiger partial charge in [-0.15, -0.1) is 0 Å². The number of hydrogen-bond acceptors (Lipinski definition) is 5. The van der Waals surface area contributed by atoms with Crippen molar-refractivity contribution in [2.24, 2.45) is 7.05 Å². The number of nitrogens with one attached hydrogen (secondary N) is 2. The highest BCUT2D eigenvalue weighted by molar-refractivity contribution is 6.06. The van der Waals surface area contributed by atoms with Crippen molar-refractivity contribution in [1.82, 2.24) is 9.13 Å². The number of benzene rings is 4. The second kappa shape index (κ2) is 11.6. The van der Waals surface area contributed by atoms with E-state index < -0.39 is 6.23 Å². The molecule has 0 aliphatic carbocycles. The van der Waals surface area contributed by atoms with E-state index >= 15 is 0 Å². The minimum atomic E-state index is -0.843. The molecule has 4 aromatic carbocycles. The number of nitrogens with zero attached hydrogens (tertiary/aromatic N) is 3. The fraction of sp³-hybridized carbons (Fsp3) is 0.194. The van der Waals surface area contributed by atoms with E-state index in [0.29, 0.717) is 5.56 Å². The lowest BCUT2D eigenvalue weighted by atomic mass is 10.1. The topological polar surface area (TPSA) is 94.7 Å². The first kappa shape index (κ1) is 27.8. The third-order valence-electron chi connectivity index (χ3n) is 8.58. The summed E-state index contributed by atoms with van der Waals surface area (Å²) in [6, 6.07) is 31.5. The second-order valence-corrected chi connectivity index (χ2v) is 11.5. The summed E-state index contributed by atoms with van der Waals surface area (Å²) in [7, 11) is 1.99. The average molecular weight is 586 g/mol. The van der Waals surface area contributed by atoms with Gasteiger partial charge in [0.05, 0.1) is 11.6 Å². The highest BCUT2D eigenvalue weighted by atomic mass is 16.3. The lowest BCUT2D eigenvalue weighted by molar-refractivity contribution is 0.102. The van der Waals surface area contributed by atoms with Crippen LogP contribution in [0, 0.1) is 0 Å². The quantitative estimate of drug-likeness (QED) is 0.162. The summed E-state index contributed by atoms with van der Waals surface area (Å²) < 4.78 is 4.13. The first-order valence-electron chi connectivity index (χ1n) is 15.0. The first-order valence-corrected chi connectivity index (χ1v) is 15.0. The molecule has 1 saturated heterocycles. The Balaban J connectivity index is 1.01. The second-order valence-electron chi connectivity index (χ2n) is 11.5. The van der Waals surface area contributed by atoms with Crippen molar-refractivity contribution in [3.63, 3.8) is 0 Å². The standard InChI is InChI=1S/C36H35N5O3/c1-39-18-14-25-22-27(4-12-33(25)39)36(44)37-28-5-10-31(11-6-28)41-21-15-26-23-29(7-13-34(26)41)38-35(43)24-2-8-30(9-3-24)40-19-16-32(42)17-20-40/h2-15,18,21-23,32,35,38,42-43H,16-17,19-20H2,1H3,(H,37,44). The van der Waals surface area contributed by atoms with Gasteiger partial charge < -0.3 is 34.9 Å². The number of rotatable bonds is 7. The van der Waals surface area contributed by atoms with Crippen LogP contribution in [0.2, 0.25) is 0 Å². The van der Waals surface area contributed by atoms with Crippen LogP contribution in [0.3, 0.4) is 0 Å². The van der Waals surface area contributed by atoms with Gasteiger partial charge in [0.25, 0.3) is 5.91 Å². The summed E-state index contributed by atoms with van der Waals surface area (Å²) in [6.07, 6.45) is 4.53. The number of aryl methyl sites for hydroxylation is 1. The van der Waals surface area contributed by atoms with Crippen molar-refractivity contribution in [2.75, 3.05) is 28.6 Å². The van der Waals surface area contributed by atoms with Crippen LogP contribution in [-0.4, -0.2) is 44.4 Å². The third kappa shape index (κ3) is 5.53. The number of carbonyl (C=O) groups excluding carboxylic acids is 1. The smallest absolute Gasteiger partial charge is 0.255 e. The Morgan fingerprint density at radius 3 is 2.20 bits per heavy atom. The number of carbonyl (C=O) groups is 1. The van der Waals surface area contributed by atoms with E-state index in [-0.39, 0.29) is 12.0 Å². The summed E-state index contributed by atoms with van der Waals surface area (Å²) in [5.74, 6) is -0.143. The zero-order valence-corrected chi connectivity index (χ0v) is 24.5. The highest BCUT2D eigenvalue weighted by Gasteiger charge is 2.18. The minimum Gasteiger partial charge on any atom is -0.393 e. The average Bonchev–Trinajstić information content (AvgIpc) is 3.64. The van der Waals surface area contributed by atoms with Crippen LogP contribution in [0.15, 0.2) is 109 Å². The highest BCUT2D eigenvalue weighted by Crippen LogP contribution is 2.28. The number of fused-ring (bicyclic) bond motifs is 2. The van der Waals surface area contributed by atoms with Crippen molar-refractivity contribution in [3.05, 3.63) is 121 Å². The molecule has 0 spiro atoms. The Bertz CT molecular complexity index is 1930. The van der Waals surface area contributed by atoms with Gasteiger partial charge in [-0.05, 0) is 97.8 Å². The normalized spacial score (nSPS) is 14.7. The Kier molecular flexibility index (Phi) is 7.29. The van der Waals surface area contributed by atoms with Crippen LogP contribution in [-0.2, 0) is 7.05 Å². The number of amides is 1. The Morgan fingerprint density at radius 2 is 1.43 bits per heavy atom. The molecule has 222 valence electrons. The van der Waals surface area contributed by atoms with Gasteiger partial charge in [-0.3, -0.25) is 4.79 Å². The fourth-order valence-corrected chi connectivity index (χ4v) is 6.02. The Morgan fingerprint density at radius 1 is 0.773 bits per heavy atom. The Labute approximate surface area is 255 Å². The summed E-state index contributed by atoms with van der Waals surface area (Å²) >= 11 is 0. The number of anilines is 3. The van der Waals surface area contributed by atoms with Crippen molar-refractivity contribution < 1.29 is 15.0 Å². The maximum absolute atomic E-state index is 12.9. The predicted octanol–water partition coefficient (Wildman–Crippen LogP) is 6.44. The molecule has 8 heteroatoms. The van der Waals surface area contributed by atoms with Gasteiger partial charge in [0.1, 0.15) is 0 Å². The molecular formula is C36H35N5O3. The third-order valence-corrected chi connectivity index (χ3v) is 8.58. The molecular weight excluding hydrogens is 550 g/mol. The molecule has 1 atom stereocenters. The van der Waals surface area contributed by atoms with E-state index in [9.17, 15) is 15.0 Å². The summed E-state index contributed by atoms with van der Waals surface area (Å²) in [4.78, 5) is 15.2. The van der Waals surface area contributed by atoms with Crippen molar-refractivity contribution in [1.29, 1.82) is 0 Å². The van der Waals surface area contributed by atoms with Crippen LogP contribution < -0.4 is 15.5 Å². The van der Waals surface area contributed by atoms with Crippen LogP contribution in [0.1, 0.15) is 35.0 Å². The van der Waals surface area contributed by atoms with E-state index in [1.165, 1.54) is 0 Å². The van der Waals surface area contributed by atoms with Crippen LogP contribution in [0.4, 0.5) is 17.1 Å². The largest absolute Gasteiger partial charge is 0.393 e. The number of hydrogen-bond donors (Lipinski definition) is 4. The van der Waals surface area contributed by atoms with Gasteiger partial charge in [-0.1, -0.05) is 12.1 Å². The van der Waals surface area contributed by atoms with Crippen molar-refractivity contribution in [2.45, 2.75) is 25.2 Å². The molecule has 0 saturated carbocycles. The zero-order chi connectivity index (χ0) is 30.2. The van der Waals surface area contributed by atoms with Gasteiger partial charge >= 0.3 is 0 Å². The zero-order valence-electron chi connectivity index (χ0n) is 24.5. The maximum atomic E-state index is 12.9. The van der Waals surface area contributed by atoms with Gasteiger partial charge in [0.2, 0.25) is 0 Å². The van der Waals surface area contributed by atoms with Gasteiger partial charge in [0, 0.05) is 82.7 Å². The molecule has 44 heavy (non-hydrogen) atoms. The summed E-state index contributed by atoms with van der Waals surface area (Å²) in [6.45, 7) is 1.68. The van der Waals surface area contributed by atoms with Crippen molar-refractivity contribution in [3.8, 4) is 5.69 Å². The lowest BCUT2D eigenvalue weighted by Gasteiger charge is -2.31. The lowest BCUT2D eigenvalue weighted by Crippen LogP contribution is -2.35. The van der Waals surface area contributed by atoms with E-state index in [4.69, 9.17) is 0 Å². The number of aliphatic hydroxyl groups excluding tert-OH is 2.